The molecule has 0 spiro atoms. The van der Waals surface area contributed by atoms with Crippen molar-refractivity contribution in [3.8, 4) is 0 Å². The van der Waals surface area contributed by atoms with Gasteiger partial charge in [-0.25, -0.2) is 4.79 Å². The van der Waals surface area contributed by atoms with Crippen LogP contribution in [0.1, 0.15) is 0 Å². The first-order chi connectivity index (χ1) is 4.57. The zero-order valence-corrected chi connectivity index (χ0v) is 5.06. The third-order valence-corrected chi connectivity index (χ3v) is 0.711. The number of hydrogen-bond acceptors (Lipinski definition) is 6. The number of hydrogen-bond donors (Lipinski definition) is 3. The summed E-state index contributed by atoms with van der Waals surface area (Å²) in [5, 5.41) is 2.31. The van der Waals surface area contributed by atoms with Crippen LogP contribution in [-0.4, -0.2) is 18.5 Å². The van der Waals surface area contributed by atoms with E-state index in [2.05, 4.69) is 15.6 Å². The Morgan fingerprint density at radius 2 is 2.00 bits per heavy atom. The van der Waals surface area contributed by atoms with Gasteiger partial charge >= 0.3 is 6.09 Å². The molecule has 0 saturated carbocycles. The highest BCUT2D eigenvalue weighted by atomic mass is 16.6. The van der Waals surface area contributed by atoms with E-state index in [1.54, 1.807) is 0 Å². The van der Waals surface area contributed by atoms with Crippen LogP contribution in [-0.2, 0) is 4.74 Å². The van der Waals surface area contributed by atoms with Gasteiger partial charge in [0.1, 0.15) is 0 Å². The van der Waals surface area contributed by atoms with Crippen LogP contribution in [0.4, 0.5) is 4.79 Å². The fourth-order valence-electron chi connectivity index (χ4n) is 0.264. The molecule has 0 aromatic rings. The molecule has 7 nitrogen and oxygen atoms in total. The third kappa shape index (κ3) is 2.95. The number of ether oxygens (including phenoxy) is 1. The van der Waals surface area contributed by atoms with Gasteiger partial charge in [-0.3, -0.25) is 5.73 Å². The average molecular weight is 148 g/mol. The molecule has 6 N–H and O–H groups in total. The van der Waals surface area contributed by atoms with Gasteiger partial charge in [0.15, 0.2) is 12.4 Å². The first-order valence-corrected chi connectivity index (χ1v) is 2.37. The van der Waals surface area contributed by atoms with Crippen LogP contribution < -0.4 is 17.2 Å². The van der Waals surface area contributed by atoms with Crippen molar-refractivity contribution in [2.45, 2.75) is 12.4 Å². The first kappa shape index (κ1) is 8.79. The van der Waals surface area contributed by atoms with Crippen LogP contribution in [0.2, 0.25) is 0 Å². The number of nitroso groups, excluding NO2 is 1. The molecule has 0 aromatic carbocycles. The highest BCUT2D eigenvalue weighted by molar-refractivity contribution is 5.64. The van der Waals surface area contributed by atoms with Crippen molar-refractivity contribution >= 4 is 6.09 Å². The van der Waals surface area contributed by atoms with Gasteiger partial charge in [0.25, 0.3) is 0 Å². The lowest BCUT2D eigenvalue weighted by atomic mass is 10.5. The molecule has 0 fully saturated rings. The molecule has 0 radical (unpaired) electrons. The van der Waals surface area contributed by atoms with E-state index in [1.807, 2.05) is 0 Å². The Kier molecular flexibility index (Phi) is 3.29. The number of carbonyl (C=O) groups excluding carboxylic acids is 1. The summed E-state index contributed by atoms with van der Waals surface area (Å²) < 4.78 is 4.10. The van der Waals surface area contributed by atoms with Crippen molar-refractivity contribution in [2.75, 3.05) is 0 Å². The molecule has 10 heavy (non-hydrogen) atoms. The number of nitrogens with two attached hydrogens (primary N) is 3. The maximum atomic E-state index is 9.95. The minimum absolute atomic E-state index is 1.09. The lowest BCUT2D eigenvalue weighted by Crippen LogP contribution is -2.44. The Labute approximate surface area is 56.5 Å². The first-order valence-electron chi connectivity index (χ1n) is 2.37. The van der Waals surface area contributed by atoms with E-state index in [1.165, 1.54) is 0 Å². The van der Waals surface area contributed by atoms with Crippen LogP contribution in [0.15, 0.2) is 5.18 Å². The molecular formula is C3H8N4O3. The van der Waals surface area contributed by atoms with Crippen molar-refractivity contribution in [3.05, 3.63) is 4.91 Å². The molecule has 0 bridgehead atoms. The predicted octanol–water partition coefficient (Wildman–Crippen LogP) is -1.58. The standard InChI is InChI=1S/C3H8N4O3/c4-1(7-9)2(5)10-3(6)8/h1-2H,4-5H2,(H2,6,8). The Hall–Kier alpha value is -1.21. The topological polar surface area (TPSA) is 134 Å². The summed E-state index contributed by atoms with van der Waals surface area (Å²) >= 11 is 0. The van der Waals surface area contributed by atoms with Crippen LogP contribution in [0.5, 0.6) is 0 Å². The fraction of sp³-hybridized carbons (Fsp3) is 0.667. The van der Waals surface area contributed by atoms with E-state index in [-0.39, 0.29) is 0 Å². The van der Waals surface area contributed by atoms with Crippen molar-refractivity contribution in [1.29, 1.82) is 0 Å². The van der Waals surface area contributed by atoms with Crippen LogP contribution in [0.25, 0.3) is 0 Å². The molecule has 2 atom stereocenters. The average Bonchev–Trinajstić information content (AvgIpc) is 1.85. The second-order valence-corrected chi connectivity index (χ2v) is 1.50. The van der Waals surface area contributed by atoms with Crippen molar-refractivity contribution in [2.24, 2.45) is 22.4 Å². The van der Waals surface area contributed by atoms with E-state index >= 15 is 0 Å². The Balaban J connectivity index is 3.71. The number of rotatable bonds is 3. The SMILES string of the molecule is NC(=O)OC(N)C(N)N=O. The van der Waals surface area contributed by atoms with Crippen molar-refractivity contribution in [1.82, 2.24) is 0 Å². The zero-order chi connectivity index (χ0) is 8.15. The lowest BCUT2D eigenvalue weighted by molar-refractivity contribution is 0.0955. The normalized spacial score (nSPS) is 15.4. The molecule has 0 aromatic heterocycles. The van der Waals surface area contributed by atoms with E-state index < -0.39 is 18.5 Å². The highest BCUT2D eigenvalue weighted by Gasteiger charge is 2.15. The van der Waals surface area contributed by atoms with Gasteiger partial charge in [-0.1, -0.05) is 0 Å². The Morgan fingerprint density at radius 3 is 2.30 bits per heavy atom. The maximum Gasteiger partial charge on any atom is 0.406 e. The fourth-order valence-corrected chi connectivity index (χ4v) is 0.264. The minimum Gasteiger partial charge on any atom is -0.427 e. The number of amides is 1. The molecule has 58 valence electrons. The van der Waals surface area contributed by atoms with Crippen LogP contribution in [0.3, 0.4) is 0 Å². The van der Waals surface area contributed by atoms with Crippen molar-refractivity contribution in [3.63, 3.8) is 0 Å². The monoisotopic (exact) mass is 148 g/mol. The van der Waals surface area contributed by atoms with E-state index in [0.29, 0.717) is 0 Å². The second-order valence-electron chi connectivity index (χ2n) is 1.50. The van der Waals surface area contributed by atoms with Gasteiger partial charge in [0, 0.05) is 0 Å². The summed E-state index contributed by atoms with van der Waals surface area (Å²) in [7, 11) is 0. The minimum atomic E-state index is -1.27. The highest BCUT2D eigenvalue weighted by Crippen LogP contribution is 1.89. The molecule has 0 aliphatic rings. The molecule has 7 heteroatoms. The summed E-state index contributed by atoms with van der Waals surface area (Å²) in [6, 6.07) is 0. The van der Waals surface area contributed by atoms with Gasteiger partial charge in [-0.15, -0.1) is 4.91 Å². The van der Waals surface area contributed by atoms with E-state index in [4.69, 9.17) is 11.5 Å². The predicted molar refractivity (Wildman–Crippen MR) is 32.4 cm³/mol. The zero-order valence-electron chi connectivity index (χ0n) is 5.06. The third-order valence-electron chi connectivity index (χ3n) is 0.711. The molecule has 0 aliphatic carbocycles. The van der Waals surface area contributed by atoms with Gasteiger partial charge in [-0.2, -0.15) is 0 Å². The number of carbonyl (C=O) groups is 1. The molecule has 1 amide bonds. The largest absolute Gasteiger partial charge is 0.427 e. The van der Waals surface area contributed by atoms with Crippen LogP contribution >= 0.6 is 0 Å². The number of nitrogens with zero attached hydrogens (tertiary/aromatic N) is 1. The summed E-state index contributed by atoms with van der Waals surface area (Å²) in [5.74, 6) is 0. The summed E-state index contributed by atoms with van der Waals surface area (Å²) in [6.45, 7) is 0. The smallest absolute Gasteiger partial charge is 0.406 e. The molecule has 0 heterocycles. The summed E-state index contributed by atoms with van der Waals surface area (Å²) in [5.41, 5.74) is 14.5. The molecular weight excluding hydrogens is 140 g/mol. The molecule has 2 unspecified atom stereocenters. The molecule has 0 saturated heterocycles. The second kappa shape index (κ2) is 3.75. The quantitative estimate of drug-likeness (QED) is 0.328. The van der Waals surface area contributed by atoms with E-state index in [9.17, 15) is 9.70 Å². The van der Waals surface area contributed by atoms with E-state index in [0.717, 1.165) is 0 Å². The Bertz CT molecular complexity index is 138. The van der Waals surface area contributed by atoms with Gasteiger partial charge < -0.3 is 16.2 Å². The van der Waals surface area contributed by atoms with Crippen molar-refractivity contribution < 1.29 is 9.53 Å². The summed E-state index contributed by atoms with van der Waals surface area (Å²) in [4.78, 5) is 19.6. The molecule has 0 aliphatic heterocycles. The van der Waals surface area contributed by atoms with Gasteiger partial charge in [0.2, 0.25) is 0 Å². The van der Waals surface area contributed by atoms with Crippen LogP contribution in [0, 0.1) is 4.91 Å². The maximum absolute atomic E-state index is 9.95. The number of primary amides is 1. The van der Waals surface area contributed by atoms with Gasteiger partial charge in [-0.05, 0) is 5.18 Å². The summed E-state index contributed by atoms with van der Waals surface area (Å²) in [6.07, 6.45) is -3.63. The lowest BCUT2D eigenvalue weighted by Gasteiger charge is -2.11. The van der Waals surface area contributed by atoms with Gasteiger partial charge in [0.05, 0.1) is 0 Å². The Morgan fingerprint density at radius 1 is 1.50 bits per heavy atom. The molecule has 0 rings (SSSR count).